The molecule has 0 N–H and O–H groups in total. The zero-order valence-electron chi connectivity index (χ0n) is 6.95. The summed E-state index contributed by atoms with van der Waals surface area (Å²) in [6.45, 7) is 6.38. The molecule has 0 radical (unpaired) electrons. The fourth-order valence-corrected chi connectivity index (χ4v) is 1.61. The van der Waals surface area contributed by atoms with Crippen LogP contribution in [0.3, 0.4) is 0 Å². The van der Waals surface area contributed by atoms with Crippen molar-refractivity contribution in [2.45, 2.75) is 27.2 Å². The minimum Gasteiger partial charge on any atom is -0.0876 e. The molecular formula is C9H15Br. The van der Waals surface area contributed by atoms with Crippen LogP contribution in [-0.2, 0) is 0 Å². The van der Waals surface area contributed by atoms with Crippen molar-refractivity contribution in [3.05, 3.63) is 23.3 Å². The van der Waals surface area contributed by atoms with Crippen molar-refractivity contribution < 1.29 is 0 Å². The van der Waals surface area contributed by atoms with Crippen LogP contribution in [0.25, 0.3) is 0 Å². The quantitative estimate of drug-likeness (QED) is 0.484. The van der Waals surface area contributed by atoms with Gasteiger partial charge in [0.05, 0.1) is 0 Å². The molecule has 58 valence electrons. The molecule has 10 heavy (non-hydrogen) atoms. The number of hydrogen-bond donors (Lipinski definition) is 0. The third-order valence-electron chi connectivity index (χ3n) is 1.51. The second-order valence-corrected chi connectivity index (χ2v) is 2.80. The summed E-state index contributed by atoms with van der Waals surface area (Å²) in [6, 6.07) is 0. The summed E-state index contributed by atoms with van der Waals surface area (Å²) in [5, 5.41) is 0.964. The fourth-order valence-electron chi connectivity index (χ4n) is 0.847. The summed E-state index contributed by atoms with van der Waals surface area (Å²) >= 11 is 3.44. The van der Waals surface area contributed by atoms with E-state index in [9.17, 15) is 0 Å². The lowest BCUT2D eigenvalue weighted by molar-refractivity contribution is 1.18. The van der Waals surface area contributed by atoms with Gasteiger partial charge in [0, 0.05) is 5.33 Å². The maximum atomic E-state index is 3.44. The predicted molar refractivity (Wildman–Crippen MR) is 51.6 cm³/mol. The van der Waals surface area contributed by atoms with E-state index in [1.54, 1.807) is 0 Å². The highest BCUT2D eigenvalue weighted by molar-refractivity contribution is 9.09. The van der Waals surface area contributed by atoms with Gasteiger partial charge >= 0.3 is 0 Å². The first-order valence-electron chi connectivity index (χ1n) is 3.64. The van der Waals surface area contributed by atoms with Crippen molar-refractivity contribution in [2.75, 3.05) is 5.33 Å². The predicted octanol–water partition coefficient (Wildman–Crippen LogP) is 3.68. The highest BCUT2D eigenvalue weighted by atomic mass is 79.9. The third kappa shape index (κ3) is 3.21. The molecule has 1 heteroatoms. The highest BCUT2D eigenvalue weighted by Gasteiger charge is 1.93. The smallest absolute Gasteiger partial charge is 0.0282 e. The maximum absolute atomic E-state index is 3.44. The van der Waals surface area contributed by atoms with E-state index in [2.05, 4.69) is 48.9 Å². The van der Waals surface area contributed by atoms with Gasteiger partial charge in [-0.3, -0.25) is 0 Å². The zero-order chi connectivity index (χ0) is 7.98. The van der Waals surface area contributed by atoms with Crippen molar-refractivity contribution >= 4 is 15.9 Å². The molecule has 0 aromatic carbocycles. The molecule has 0 unspecified atom stereocenters. The van der Waals surface area contributed by atoms with E-state index in [1.807, 2.05) is 0 Å². The Hall–Kier alpha value is -0.0400. The van der Waals surface area contributed by atoms with Crippen LogP contribution in [0.2, 0.25) is 0 Å². The molecule has 0 saturated heterocycles. The molecule has 0 aromatic rings. The summed E-state index contributed by atoms with van der Waals surface area (Å²) in [5.74, 6) is 0. The average Bonchev–Trinajstić information content (AvgIpc) is 1.91. The maximum Gasteiger partial charge on any atom is 0.0282 e. The molecule has 0 heterocycles. The Labute approximate surface area is 72.1 Å². The second kappa shape index (κ2) is 5.72. The van der Waals surface area contributed by atoms with Crippen molar-refractivity contribution in [3.8, 4) is 0 Å². The molecule has 0 aliphatic heterocycles. The van der Waals surface area contributed by atoms with Crippen molar-refractivity contribution in [1.29, 1.82) is 0 Å². The summed E-state index contributed by atoms with van der Waals surface area (Å²) in [7, 11) is 0. The summed E-state index contributed by atoms with van der Waals surface area (Å²) in [4.78, 5) is 0. The summed E-state index contributed by atoms with van der Waals surface area (Å²) in [5.41, 5.74) is 2.78. The minimum atomic E-state index is 0.964. The van der Waals surface area contributed by atoms with Gasteiger partial charge in [0.15, 0.2) is 0 Å². The molecule has 0 nitrogen and oxygen atoms in total. The van der Waals surface area contributed by atoms with E-state index >= 15 is 0 Å². The van der Waals surface area contributed by atoms with Gasteiger partial charge in [-0.05, 0) is 25.8 Å². The summed E-state index contributed by atoms with van der Waals surface area (Å²) in [6.07, 6.45) is 5.52. The molecule has 0 aliphatic rings. The SMILES string of the molecule is C/C=C(CBr)\C(C)=C/CC. The third-order valence-corrected chi connectivity index (χ3v) is 2.11. The highest BCUT2D eigenvalue weighted by Crippen LogP contribution is 2.11. The Morgan fingerprint density at radius 2 is 2.10 bits per heavy atom. The monoisotopic (exact) mass is 202 g/mol. The van der Waals surface area contributed by atoms with Crippen LogP contribution in [0, 0.1) is 0 Å². The van der Waals surface area contributed by atoms with E-state index in [1.165, 1.54) is 11.1 Å². The van der Waals surface area contributed by atoms with Crippen molar-refractivity contribution in [1.82, 2.24) is 0 Å². The van der Waals surface area contributed by atoms with E-state index in [4.69, 9.17) is 0 Å². The Kier molecular flexibility index (Phi) is 5.70. The minimum absolute atomic E-state index is 0.964. The topological polar surface area (TPSA) is 0 Å². The Morgan fingerprint density at radius 1 is 1.50 bits per heavy atom. The zero-order valence-corrected chi connectivity index (χ0v) is 8.53. The van der Waals surface area contributed by atoms with Crippen LogP contribution in [0.15, 0.2) is 23.3 Å². The van der Waals surface area contributed by atoms with Gasteiger partial charge in [0.2, 0.25) is 0 Å². The first-order chi connectivity index (χ1) is 4.76. The van der Waals surface area contributed by atoms with Gasteiger partial charge in [0.25, 0.3) is 0 Å². The Bertz CT molecular complexity index is 143. The fraction of sp³-hybridized carbons (Fsp3) is 0.556. The first kappa shape index (κ1) is 9.96. The molecule has 0 atom stereocenters. The molecule has 0 spiro atoms. The standard InChI is InChI=1S/C9H15Br/c1-4-6-8(3)9(5-2)7-10/h5-6H,4,7H2,1-3H3/b8-6-,9-5-. The first-order valence-corrected chi connectivity index (χ1v) is 4.76. The number of allylic oxidation sites excluding steroid dienone is 4. The lowest BCUT2D eigenvalue weighted by atomic mass is 10.1. The molecule has 0 fully saturated rings. The number of hydrogen-bond acceptors (Lipinski definition) is 0. The van der Waals surface area contributed by atoms with Gasteiger partial charge in [-0.2, -0.15) is 0 Å². The molecular weight excluding hydrogens is 188 g/mol. The molecule has 0 aromatic heterocycles. The molecule has 0 aliphatic carbocycles. The molecule has 0 saturated carbocycles. The number of alkyl halides is 1. The van der Waals surface area contributed by atoms with Gasteiger partial charge in [-0.15, -0.1) is 0 Å². The van der Waals surface area contributed by atoms with E-state index in [0.717, 1.165) is 11.8 Å². The van der Waals surface area contributed by atoms with Crippen LogP contribution >= 0.6 is 15.9 Å². The lowest BCUT2D eigenvalue weighted by Crippen LogP contribution is -1.85. The van der Waals surface area contributed by atoms with Crippen LogP contribution in [0.1, 0.15) is 27.2 Å². The van der Waals surface area contributed by atoms with Gasteiger partial charge in [0.1, 0.15) is 0 Å². The van der Waals surface area contributed by atoms with Crippen LogP contribution < -0.4 is 0 Å². The number of rotatable bonds is 3. The molecule has 0 amide bonds. The lowest BCUT2D eigenvalue weighted by Gasteiger charge is -2.01. The Balaban J connectivity index is 4.16. The molecule has 0 rings (SSSR count). The second-order valence-electron chi connectivity index (χ2n) is 2.24. The van der Waals surface area contributed by atoms with Crippen LogP contribution in [-0.4, -0.2) is 5.33 Å². The van der Waals surface area contributed by atoms with E-state index < -0.39 is 0 Å². The van der Waals surface area contributed by atoms with E-state index in [0.29, 0.717) is 0 Å². The Morgan fingerprint density at radius 3 is 2.40 bits per heavy atom. The van der Waals surface area contributed by atoms with Crippen LogP contribution in [0.4, 0.5) is 0 Å². The largest absolute Gasteiger partial charge is 0.0876 e. The van der Waals surface area contributed by atoms with E-state index in [-0.39, 0.29) is 0 Å². The average molecular weight is 203 g/mol. The van der Waals surface area contributed by atoms with Gasteiger partial charge < -0.3 is 0 Å². The van der Waals surface area contributed by atoms with Crippen molar-refractivity contribution in [2.24, 2.45) is 0 Å². The van der Waals surface area contributed by atoms with Crippen LogP contribution in [0.5, 0.6) is 0 Å². The normalized spacial score (nSPS) is 14.0. The van der Waals surface area contributed by atoms with Gasteiger partial charge in [-0.1, -0.05) is 40.6 Å². The van der Waals surface area contributed by atoms with Crippen molar-refractivity contribution in [3.63, 3.8) is 0 Å². The molecule has 0 bridgehead atoms. The number of halogens is 1. The summed E-state index contributed by atoms with van der Waals surface area (Å²) < 4.78 is 0. The van der Waals surface area contributed by atoms with Gasteiger partial charge in [-0.25, -0.2) is 0 Å².